The van der Waals surface area contributed by atoms with Crippen molar-refractivity contribution in [1.29, 1.82) is 0 Å². The van der Waals surface area contributed by atoms with E-state index in [-0.39, 0.29) is 0 Å². The van der Waals surface area contributed by atoms with Crippen molar-refractivity contribution >= 4 is 5.91 Å². The van der Waals surface area contributed by atoms with Crippen LogP contribution >= 0.6 is 0 Å². The van der Waals surface area contributed by atoms with Crippen molar-refractivity contribution in [3.63, 3.8) is 0 Å². The first kappa shape index (κ1) is 11.1. The second-order valence-corrected chi connectivity index (χ2v) is 7.67. The summed E-state index contributed by atoms with van der Waals surface area (Å²) in [6, 6.07) is 0.528. The van der Waals surface area contributed by atoms with Gasteiger partial charge in [0.05, 0.1) is 0 Å². The van der Waals surface area contributed by atoms with E-state index in [1.165, 1.54) is 32.1 Å². The van der Waals surface area contributed by atoms with Crippen molar-refractivity contribution in [2.45, 2.75) is 38.1 Å². The molecule has 0 aromatic rings. The molecule has 3 heteroatoms. The largest absolute Gasteiger partial charge is 0.338 e. The molecule has 0 aromatic carbocycles. The van der Waals surface area contributed by atoms with Gasteiger partial charge in [-0.3, -0.25) is 4.79 Å². The van der Waals surface area contributed by atoms with E-state index < -0.39 is 0 Å². The number of piperidine rings is 1. The summed E-state index contributed by atoms with van der Waals surface area (Å²) in [4.78, 5) is 15.2. The quantitative estimate of drug-likeness (QED) is 0.775. The van der Waals surface area contributed by atoms with Gasteiger partial charge in [-0.25, -0.2) is 0 Å². The van der Waals surface area contributed by atoms with Crippen molar-refractivity contribution in [3.05, 3.63) is 0 Å². The number of hydrogen-bond donors (Lipinski definition) is 1. The van der Waals surface area contributed by atoms with E-state index in [1.807, 2.05) is 0 Å². The Bertz CT molecular complexity index is 407. The van der Waals surface area contributed by atoms with Crippen LogP contribution in [0.15, 0.2) is 0 Å². The van der Waals surface area contributed by atoms with E-state index >= 15 is 0 Å². The molecule has 5 rings (SSSR count). The molecule has 0 aromatic heterocycles. The topological polar surface area (TPSA) is 32.3 Å². The van der Waals surface area contributed by atoms with Gasteiger partial charge >= 0.3 is 0 Å². The van der Waals surface area contributed by atoms with Crippen LogP contribution in [-0.4, -0.2) is 36.5 Å². The first-order chi connectivity index (χ1) is 9.34. The first-order valence-corrected chi connectivity index (χ1v) is 8.36. The summed E-state index contributed by atoms with van der Waals surface area (Å²) < 4.78 is 0. The van der Waals surface area contributed by atoms with E-state index in [9.17, 15) is 4.79 Å². The molecule has 3 aliphatic carbocycles. The van der Waals surface area contributed by atoms with Gasteiger partial charge in [-0.15, -0.1) is 0 Å². The fourth-order valence-corrected chi connectivity index (χ4v) is 6.19. The Balaban J connectivity index is 1.35. The molecule has 5 fully saturated rings. The average molecular weight is 260 g/mol. The molecule has 3 nitrogen and oxygen atoms in total. The van der Waals surface area contributed by atoms with Crippen molar-refractivity contribution in [3.8, 4) is 0 Å². The number of hydrogen-bond acceptors (Lipinski definition) is 2. The van der Waals surface area contributed by atoms with Gasteiger partial charge in [-0.2, -0.15) is 0 Å². The van der Waals surface area contributed by atoms with Crippen molar-refractivity contribution in [1.82, 2.24) is 10.2 Å². The van der Waals surface area contributed by atoms with E-state index in [0.29, 0.717) is 17.9 Å². The van der Waals surface area contributed by atoms with Crippen molar-refractivity contribution < 1.29 is 4.79 Å². The summed E-state index contributed by atoms with van der Waals surface area (Å²) in [6.45, 7) is 3.22. The Hall–Kier alpha value is -0.570. The van der Waals surface area contributed by atoms with Crippen LogP contribution in [0.3, 0.4) is 0 Å². The fourth-order valence-electron chi connectivity index (χ4n) is 6.19. The Morgan fingerprint density at radius 3 is 2.58 bits per heavy atom. The van der Waals surface area contributed by atoms with Gasteiger partial charge in [-0.1, -0.05) is 0 Å². The van der Waals surface area contributed by atoms with E-state index in [4.69, 9.17) is 0 Å². The van der Waals surface area contributed by atoms with Crippen molar-refractivity contribution in [2.75, 3.05) is 19.6 Å². The van der Waals surface area contributed by atoms with Gasteiger partial charge in [0, 0.05) is 31.6 Å². The summed E-state index contributed by atoms with van der Waals surface area (Å²) in [6.07, 6.45) is 6.84. The second kappa shape index (κ2) is 3.75. The third kappa shape index (κ3) is 1.40. The van der Waals surface area contributed by atoms with Crippen LogP contribution in [0.1, 0.15) is 32.1 Å². The molecule has 19 heavy (non-hydrogen) atoms. The molecule has 1 N–H and O–H groups in total. The predicted octanol–water partition coefficient (Wildman–Crippen LogP) is 1.49. The molecule has 2 aliphatic heterocycles. The summed E-state index contributed by atoms with van der Waals surface area (Å²) in [5, 5.41) is 3.49. The number of rotatable bonds is 1. The lowest BCUT2D eigenvalue weighted by atomic mass is 9.91. The standard InChI is InChI=1S/C16H24N2O/c19-16(15-13-9-3-4-10(6-9)14(13)15)18-5-1-2-11-7-17-8-12(11)18/h9-15,17H,1-8H2. The van der Waals surface area contributed by atoms with Crippen LogP contribution in [0.5, 0.6) is 0 Å². The molecule has 6 atom stereocenters. The lowest BCUT2D eigenvalue weighted by Gasteiger charge is -2.37. The SMILES string of the molecule is O=C(C1C2C3CCC(C3)C12)N1CCCC2CNCC21. The number of fused-ring (bicyclic) bond motifs is 6. The van der Waals surface area contributed by atoms with E-state index in [0.717, 1.165) is 49.2 Å². The number of carbonyl (C=O) groups is 1. The van der Waals surface area contributed by atoms with Crippen LogP contribution in [-0.2, 0) is 4.79 Å². The number of nitrogens with zero attached hydrogens (tertiary/aromatic N) is 1. The highest BCUT2D eigenvalue weighted by atomic mass is 16.2. The zero-order chi connectivity index (χ0) is 12.6. The van der Waals surface area contributed by atoms with Crippen LogP contribution in [0.2, 0.25) is 0 Å². The minimum atomic E-state index is 0.450. The van der Waals surface area contributed by atoms with Crippen molar-refractivity contribution in [2.24, 2.45) is 35.5 Å². The summed E-state index contributed by atoms with van der Waals surface area (Å²) in [7, 11) is 0. The predicted molar refractivity (Wildman–Crippen MR) is 72.4 cm³/mol. The molecule has 2 saturated heterocycles. The minimum absolute atomic E-state index is 0.450. The Labute approximate surface area is 115 Å². The summed E-state index contributed by atoms with van der Waals surface area (Å²) in [5.41, 5.74) is 0. The minimum Gasteiger partial charge on any atom is -0.338 e. The lowest BCUT2D eigenvalue weighted by molar-refractivity contribution is -0.138. The van der Waals surface area contributed by atoms with Crippen LogP contribution in [0.25, 0.3) is 0 Å². The summed E-state index contributed by atoms with van der Waals surface area (Å²) >= 11 is 0. The van der Waals surface area contributed by atoms with Gasteiger partial charge in [0.25, 0.3) is 0 Å². The fraction of sp³-hybridized carbons (Fsp3) is 0.938. The highest BCUT2D eigenvalue weighted by molar-refractivity contribution is 5.83. The highest BCUT2D eigenvalue weighted by Gasteiger charge is 2.68. The molecule has 2 heterocycles. The van der Waals surface area contributed by atoms with Gasteiger partial charge < -0.3 is 10.2 Å². The normalized spacial score (nSPS) is 54.1. The van der Waals surface area contributed by atoms with Crippen LogP contribution < -0.4 is 5.32 Å². The smallest absolute Gasteiger partial charge is 0.226 e. The third-order valence-corrected chi connectivity index (χ3v) is 6.98. The molecule has 6 unspecified atom stereocenters. The number of carbonyl (C=O) groups excluding carboxylic acids is 1. The first-order valence-electron chi connectivity index (χ1n) is 8.36. The number of nitrogens with one attached hydrogen (secondary N) is 1. The van der Waals surface area contributed by atoms with Gasteiger partial charge in [-0.05, 0) is 61.7 Å². The van der Waals surface area contributed by atoms with Gasteiger partial charge in [0.2, 0.25) is 5.91 Å². The lowest BCUT2D eigenvalue weighted by Crippen LogP contribution is -2.49. The van der Waals surface area contributed by atoms with Crippen LogP contribution in [0.4, 0.5) is 0 Å². The number of amides is 1. The van der Waals surface area contributed by atoms with Gasteiger partial charge in [0.1, 0.15) is 0 Å². The molecule has 2 bridgehead atoms. The molecule has 0 spiro atoms. The maximum atomic E-state index is 12.9. The summed E-state index contributed by atoms with van der Waals surface area (Å²) in [5.74, 6) is 5.20. The molecule has 104 valence electrons. The number of likely N-dealkylation sites (tertiary alicyclic amines) is 1. The monoisotopic (exact) mass is 260 g/mol. The van der Waals surface area contributed by atoms with E-state index in [2.05, 4.69) is 10.2 Å². The molecule has 0 radical (unpaired) electrons. The molecule has 3 saturated carbocycles. The van der Waals surface area contributed by atoms with Gasteiger partial charge in [0.15, 0.2) is 0 Å². The molecular formula is C16H24N2O. The van der Waals surface area contributed by atoms with E-state index in [1.54, 1.807) is 0 Å². The maximum Gasteiger partial charge on any atom is 0.226 e. The third-order valence-electron chi connectivity index (χ3n) is 6.98. The van der Waals surface area contributed by atoms with Crippen LogP contribution in [0, 0.1) is 35.5 Å². The second-order valence-electron chi connectivity index (χ2n) is 7.67. The zero-order valence-electron chi connectivity index (χ0n) is 11.6. The Kier molecular flexibility index (Phi) is 2.20. The molecule has 1 amide bonds. The highest BCUT2D eigenvalue weighted by Crippen LogP contribution is 2.69. The molecular weight excluding hydrogens is 236 g/mol. The average Bonchev–Trinajstić information content (AvgIpc) is 2.85. The Morgan fingerprint density at radius 2 is 1.79 bits per heavy atom. The zero-order valence-corrected chi connectivity index (χ0v) is 11.6. The molecule has 5 aliphatic rings. The Morgan fingerprint density at radius 1 is 1.00 bits per heavy atom. The maximum absolute atomic E-state index is 12.9.